The minimum absolute atomic E-state index is 0.0203. The van der Waals surface area contributed by atoms with Crippen LogP contribution in [-0.4, -0.2) is 44.7 Å². The number of benzene rings is 1. The van der Waals surface area contributed by atoms with E-state index >= 15 is 0 Å². The Morgan fingerprint density at radius 3 is 2.67 bits per heavy atom. The molecule has 0 saturated heterocycles. The van der Waals surface area contributed by atoms with Gasteiger partial charge in [0.25, 0.3) is 5.91 Å². The van der Waals surface area contributed by atoms with Crippen LogP contribution in [0.5, 0.6) is 5.75 Å². The monoisotopic (exact) mass is 252 g/mol. The summed E-state index contributed by atoms with van der Waals surface area (Å²) in [4.78, 5) is 13.9. The maximum atomic E-state index is 12.3. The highest BCUT2D eigenvalue weighted by atomic mass is 16.5. The standard InChI is InChI=1S/C13H20N2O3/c1-9(8-17-3)15(2)13(16)11-7-10(18-4)5-6-12(11)14/h5-7,9H,8,14H2,1-4H3. The lowest BCUT2D eigenvalue weighted by atomic mass is 10.1. The summed E-state index contributed by atoms with van der Waals surface area (Å²) in [5.41, 5.74) is 6.71. The van der Waals surface area contributed by atoms with E-state index in [2.05, 4.69) is 0 Å². The van der Waals surface area contributed by atoms with Crippen molar-refractivity contribution in [1.29, 1.82) is 0 Å². The van der Waals surface area contributed by atoms with Crippen molar-refractivity contribution in [3.8, 4) is 5.75 Å². The molecule has 1 amide bonds. The van der Waals surface area contributed by atoms with Crippen LogP contribution in [0.2, 0.25) is 0 Å². The lowest BCUT2D eigenvalue weighted by Crippen LogP contribution is -2.38. The first-order valence-corrected chi connectivity index (χ1v) is 5.70. The smallest absolute Gasteiger partial charge is 0.256 e. The summed E-state index contributed by atoms with van der Waals surface area (Å²) in [5.74, 6) is 0.469. The van der Waals surface area contributed by atoms with E-state index in [1.165, 1.54) is 0 Å². The fourth-order valence-corrected chi connectivity index (χ4v) is 1.59. The predicted molar refractivity (Wildman–Crippen MR) is 70.8 cm³/mol. The van der Waals surface area contributed by atoms with Crippen LogP contribution in [0.3, 0.4) is 0 Å². The highest BCUT2D eigenvalue weighted by Crippen LogP contribution is 2.21. The van der Waals surface area contributed by atoms with Crippen LogP contribution in [-0.2, 0) is 4.74 Å². The summed E-state index contributed by atoms with van der Waals surface area (Å²) < 4.78 is 10.1. The molecule has 0 saturated carbocycles. The molecule has 0 bridgehead atoms. The van der Waals surface area contributed by atoms with Crippen molar-refractivity contribution < 1.29 is 14.3 Å². The number of carbonyl (C=O) groups excluding carboxylic acids is 1. The Morgan fingerprint density at radius 2 is 2.11 bits per heavy atom. The number of ether oxygens (including phenoxy) is 2. The Morgan fingerprint density at radius 1 is 1.44 bits per heavy atom. The largest absolute Gasteiger partial charge is 0.497 e. The zero-order valence-electron chi connectivity index (χ0n) is 11.3. The quantitative estimate of drug-likeness (QED) is 0.804. The van der Waals surface area contributed by atoms with Crippen molar-refractivity contribution >= 4 is 11.6 Å². The minimum Gasteiger partial charge on any atom is -0.497 e. The van der Waals surface area contributed by atoms with Crippen LogP contribution >= 0.6 is 0 Å². The third-order valence-electron chi connectivity index (χ3n) is 2.88. The van der Waals surface area contributed by atoms with Gasteiger partial charge in [-0.05, 0) is 25.1 Å². The second-order valence-corrected chi connectivity index (χ2v) is 4.17. The minimum atomic E-state index is -0.143. The Kier molecular flexibility index (Phi) is 4.97. The SMILES string of the molecule is COCC(C)N(C)C(=O)c1cc(OC)ccc1N. The van der Waals surface area contributed by atoms with Gasteiger partial charge in [0.15, 0.2) is 0 Å². The van der Waals surface area contributed by atoms with Crippen LogP contribution in [0.15, 0.2) is 18.2 Å². The van der Waals surface area contributed by atoms with Crippen molar-refractivity contribution in [2.45, 2.75) is 13.0 Å². The summed E-state index contributed by atoms with van der Waals surface area (Å²) in [6.45, 7) is 2.39. The van der Waals surface area contributed by atoms with Gasteiger partial charge in [-0.1, -0.05) is 0 Å². The zero-order valence-corrected chi connectivity index (χ0v) is 11.3. The van der Waals surface area contributed by atoms with E-state index in [0.717, 1.165) is 0 Å². The molecular weight excluding hydrogens is 232 g/mol. The average Bonchev–Trinajstić information content (AvgIpc) is 2.38. The molecule has 5 nitrogen and oxygen atoms in total. The summed E-state index contributed by atoms with van der Waals surface area (Å²) in [7, 11) is 4.89. The summed E-state index contributed by atoms with van der Waals surface area (Å²) in [5, 5.41) is 0. The van der Waals surface area contributed by atoms with Gasteiger partial charge in [-0.3, -0.25) is 4.79 Å². The van der Waals surface area contributed by atoms with Crippen LogP contribution in [0.25, 0.3) is 0 Å². The molecule has 18 heavy (non-hydrogen) atoms. The number of anilines is 1. The van der Waals surface area contributed by atoms with E-state index in [0.29, 0.717) is 23.6 Å². The first kappa shape index (κ1) is 14.3. The molecule has 100 valence electrons. The van der Waals surface area contributed by atoms with E-state index in [1.54, 1.807) is 44.4 Å². The first-order chi connectivity index (χ1) is 8.51. The molecule has 1 aromatic carbocycles. The summed E-state index contributed by atoms with van der Waals surface area (Å²) in [6.07, 6.45) is 0. The van der Waals surface area contributed by atoms with Gasteiger partial charge < -0.3 is 20.1 Å². The number of nitrogen functional groups attached to an aromatic ring is 1. The van der Waals surface area contributed by atoms with Gasteiger partial charge >= 0.3 is 0 Å². The van der Waals surface area contributed by atoms with Crippen molar-refractivity contribution in [2.24, 2.45) is 0 Å². The molecule has 1 rings (SSSR count). The fourth-order valence-electron chi connectivity index (χ4n) is 1.59. The normalized spacial score (nSPS) is 12.0. The van der Waals surface area contributed by atoms with Crippen molar-refractivity contribution in [1.82, 2.24) is 4.90 Å². The molecule has 1 aromatic rings. The topological polar surface area (TPSA) is 64.8 Å². The third kappa shape index (κ3) is 3.13. The molecule has 0 aliphatic rings. The Labute approximate surface area is 107 Å². The Hall–Kier alpha value is -1.75. The first-order valence-electron chi connectivity index (χ1n) is 5.70. The lowest BCUT2D eigenvalue weighted by molar-refractivity contribution is 0.0634. The third-order valence-corrected chi connectivity index (χ3v) is 2.88. The number of nitrogens with zero attached hydrogens (tertiary/aromatic N) is 1. The average molecular weight is 252 g/mol. The second kappa shape index (κ2) is 6.26. The molecule has 0 fully saturated rings. The van der Waals surface area contributed by atoms with Crippen LogP contribution < -0.4 is 10.5 Å². The van der Waals surface area contributed by atoms with Crippen LogP contribution in [0, 0.1) is 0 Å². The van der Waals surface area contributed by atoms with E-state index in [1.807, 2.05) is 6.92 Å². The van der Waals surface area contributed by atoms with Gasteiger partial charge in [0.2, 0.25) is 0 Å². The molecule has 0 radical (unpaired) electrons. The van der Waals surface area contributed by atoms with Crippen molar-refractivity contribution in [3.05, 3.63) is 23.8 Å². The number of amides is 1. The molecule has 0 aliphatic carbocycles. The van der Waals surface area contributed by atoms with Gasteiger partial charge in [0, 0.05) is 19.8 Å². The molecule has 0 heterocycles. The molecule has 0 aromatic heterocycles. The van der Waals surface area contributed by atoms with Gasteiger partial charge in [-0.2, -0.15) is 0 Å². The van der Waals surface area contributed by atoms with Gasteiger partial charge in [-0.25, -0.2) is 0 Å². The molecule has 0 aliphatic heterocycles. The van der Waals surface area contributed by atoms with E-state index in [9.17, 15) is 4.79 Å². The number of hydrogen-bond acceptors (Lipinski definition) is 4. The van der Waals surface area contributed by atoms with Crippen molar-refractivity contribution in [3.63, 3.8) is 0 Å². The van der Waals surface area contributed by atoms with E-state index < -0.39 is 0 Å². The number of carbonyl (C=O) groups is 1. The van der Waals surface area contributed by atoms with Crippen LogP contribution in [0.4, 0.5) is 5.69 Å². The maximum absolute atomic E-state index is 12.3. The highest BCUT2D eigenvalue weighted by molar-refractivity contribution is 5.99. The number of rotatable bonds is 5. The summed E-state index contributed by atoms with van der Waals surface area (Å²) in [6, 6.07) is 5.02. The second-order valence-electron chi connectivity index (χ2n) is 4.17. The molecule has 1 atom stereocenters. The number of hydrogen-bond donors (Lipinski definition) is 1. The number of likely N-dealkylation sites (N-methyl/N-ethyl adjacent to an activating group) is 1. The Balaban J connectivity index is 2.95. The van der Waals surface area contributed by atoms with Gasteiger partial charge in [0.1, 0.15) is 5.75 Å². The fraction of sp³-hybridized carbons (Fsp3) is 0.462. The summed E-state index contributed by atoms with van der Waals surface area (Å²) >= 11 is 0. The lowest BCUT2D eigenvalue weighted by Gasteiger charge is -2.25. The van der Waals surface area contributed by atoms with Gasteiger partial charge in [-0.15, -0.1) is 0 Å². The molecule has 0 spiro atoms. The molecule has 5 heteroatoms. The zero-order chi connectivity index (χ0) is 13.7. The molecule has 1 unspecified atom stereocenters. The molecular formula is C13H20N2O3. The number of nitrogens with two attached hydrogens (primary N) is 1. The highest BCUT2D eigenvalue weighted by Gasteiger charge is 2.19. The maximum Gasteiger partial charge on any atom is 0.256 e. The Bertz CT molecular complexity index is 421. The predicted octanol–water partition coefficient (Wildman–Crippen LogP) is 1.38. The van der Waals surface area contributed by atoms with Crippen LogP contribution in [0.1, 0.15) is 17.3 Å². The van der Waals surface area contributed by atoms with E-state index in [4.69, 9.17) is 15.2 Å². The number of methoxy groups -OCH3 is 2. The van der Waals surface area contributed by atoms with Crippen molar-refractivity contribution in [2.75, 3.05) is 33.6 Å². The van der Waals surface area contributed by atoms with E-state index in [-0.39, 0.29) is 11.9 Å². The van der Waals surface area contributed by atoms with Gasteiger partial charge in [0.05, 0.1) is 25.3 Å². The molecule has 2 N–H and O–H groups in total.